The van der Waals surface area contributed by atoms with Crippen LogP contribution in [0, 0.1) is 5.92 Å². The van der Waals surface area contributed by atoms with Crippen LogP contribution in [0.1, 0.15) is 32.6 Å². The predicted molar refractivity (Wildman–Crippen MR) is 83.3 cm³/mol. The van der Waals surface area contributed by atoms with E-state index in [1.54, 1.807) is 11.8 Å². The summed E-state index contributed by atoms with van der Waals surface area (Å²) in [7, 11) is 0. The van der Waals surface area contributed by atoms with Crippen molar-refractivity contribution in [1.29, 1.82) is 0 Å². The van der Waals surface area contributed by atoms with E-state index in [1.165, 1.54) is 24.2 Å². The van der Waals surface area contributed by atoms with Crippen LogP contribution in [0.25, 0.3) is 0 Å². The molecule has 1 aromatic rings. The number of nitrogens with one attached hydrogen (secondary N) is 1. The van der Waals surface area contributed by atoms with Crippen molar-refractivity contribution in [2.45, 2.75) is 43.5 Å². The van der Waals surface area contributed by atoms with Gasteiger partial charge in [0.1, 0.15) is 5.75 Å². The lowest BCUT2D eigenvalue weighted by Gasteiger charge is -2.29. The molecule has 0 radical (unpaired) electrons. The molecule has 0 spiro atoms. The van der Waals surface area contributed by atoms with Gasteiger partial charge in [0.15, 0.2) is 6.61 Å². The van der Waals surface area contributed by atoms with Gasteiger partial charge in [-0.1, -0.05) is 19.8 Å². The van der Waals surface area contributed by atoms with E-state index in [4.69, 9.17) is 4.74 Å². The number of carbonyl (C=O) groups excluding carboxylic acids is 1. The summed E-state index contributed by atoms with van der Waals surface area (Å²) in [6, 6.07) is 8.13. The van der Waals surface area contributed by atoms with Crippen molar-refractivity contribution in [2.24, 2.45) is 5.92 Å². The van der Waals surface area contributed by atoms with E-state index >= 15 is 0 Å². The van der Waals surface area contributed by atoms with Crippen molar-refractivity contribution in [3.05, 3.63) is 24.3 Å². The summed E-state index contributed by atoms with van der Waals surface area (Å²) in [4.78, 5) is 13.1. The van der Waals surface area contributed by atoms with Gasteiger partial charge in [-0.15, -0.1) is 11.8 Å². The molecule has 0 saturated heterocycles. The van der Waals surface area contributed by atoms with Crippen LogP contribution in [0.4, 0.5) is 0 Å². The minimum atomic E-state index is -0.0160. The maximum Gasteiger partial charge on any atom is 0.258 e. The Kier molecular flexibility index (Phi) is 5.77. The zero-order valence-electron chi connectivity index (χ0n) is 12.2. The molecule has 0 heterocycles. The van der Waals surface area contributed by atoms with Gasteiger partial charge in [0, 0.05) is 10.9 Å². The minimum absolute atomic E-state index is 0.0160. The van der Waals surface area contributed by atoms with Gasteiger partial charge in [-0.25, -0.2) is 0 Å². The maximum absolute atomic E-state index is 11.9. The molecule has 1 N–H and O–H groups in total. The van der Waals surface area contributed by atoms with Gasteiger partial charge in [-0.2, -0.15) is 0 Å². The molecule has 0 aromatic heterocycles. The van der Waals surface area contributed by atoms with E-state index in [9.17, 15) is 4.79 Å². The van der Waals surface area contributed by atoms with Crippen LogP contribution in [-0.4, -0.2) is 24.8 Å². The van der Waals surface area contributed by atoms with Crippen molar-refractivity contribution >= 4 is 17.7 Å². The van der Waals surface area contributed by atoms with Crippen molar-refractivity contribution < 1.29 is 9.53 Å². The van der Waals surface area contributed by atoms with Crippen LogP contribution in [0.2, 0.25) is 0 Å². The smallest absolute Gasteiger partial charge is 0.258 e. The lowest BCUT2D eigenvalue weighted by atomic mass is 9.86. The molecule has 0 aliphatic heterocycles. The Balaban J connectivity index is 1.76. The summed E-state index contributed by atoms with van der Waals surface area (Å²) in [5.41, 5.74) is 0. The number of carbonyl (C=O) groups is 1. The number of amides is 1. The van der Waals surface area contributed by atoms with Gasteiger partial charge in [0.05, 0.1) is 0 Å². The van der Waals surface area contributed by atoms with Gasteiger partial charge >= 0.3 is 0 Å². The first-order valence-corrected chi connectivity index (χ1v) is 8.47. The molecule has 1 fully saturated rings. The third-order valence-corrected chi connectivity index (χ3v) is 4.63. The fourth-order valence-corrected chi connectivity index (χ4v) is 3.01. The second-order valence-corrected chi connectivity index (χ2v) is 6.28. The van der Waals surface area contributed by atoms with E-state index in [0.717, 1.165) is 12.2 Å². The number of hydrogen-bond acceptors (Lipinski definition) is 3. The Bertz CT molecular complexity index is 433. The lowest BCUT2D eigenvalue weighted by Crippen LogP contribution is -2.43. The first-order valence-electron chi connectivity index (χ1n) is 7.25. The minimum Gasteiger partial charge on any atom is -0.484 e. The zero-order chi connectivity index (χ0) is 14.4. The highest BCUT2D eigenvalue weighted by atomic mass is 32.2. The Morgan fingerprint density at radius 3 is 2.65 bits per heavy atom. The van der Waals surface area contributed by atoms with Gasteiger partial charge in [0.25, 0.3) is 5.91 Å². The zero-order valence-corrected chi connectivity index (χ0v) is 13.0. The lowest BCUT2D eigenvalue weighted by molar-refractivity contribution is -0.124. The highest BCUT2D eigenvalue weighted by Gasteiger charge is 2.22. The second kappa shape index (κ2) is 7.58. The Hall–Kier alpha value is -1.16. The molecule has 1 aromatic carbocycles. The summed E-state index contributed by atoms with van der Waals surface area (Å²) in [5, 5.41) is 3.09. The van der Waals surface area contributed by atoms with Crippen molar-refractivity contribution in [3.63, 3.8) is 0 Å². The third-order valence-electron chi connectivity index (χ3n) is 3.89. The molecule has 2 rings (SSSR count). The fourth-order valence-electron chi connectivity index (χ4n) is 2.60. The topological polar surface area (TPSA) is 38.3 Å². The summed E-state index contributed by atoms with van der Waals surface area (Å²) in [5.74, 6) is 1.31. The number of hydrogen-bond donors (Lipinski definition) is 1. The maximum atomic E-state index is 11.9. The quantitative estimate of drug-likeness (QED) is 0.845. The van der Waals surface area contributed by atoms with Gasteiger partial charge in [-0.05, 0) is 49.3 Å². The Morgan fingerprint density at radius 2 is 2.00 bits per heavy atom. The van der Waals surface area contributed by atoms with E-state index in [0.29, 0.717) is 12.0 Å². The molecule has 1 aliphatic carbocycles. The summed E-state index contributed by atoms with van der Waals surface area (Å²) < 4.78 is 5.52. The SMILES string of the molecule is CSc1ccc(OCC(=O)N[C@@H]2CCCC[C@H]2C)cc1. The average molecular weight is 293 g/mol. The monoisotopic (exact) mass is 293 g/mol. The van der Waals surface area contributed by atoms with Gasteiger partial charge in [-0.3, -0.25) is 4.79 Å². The molecule has 1 amide bonds. The molecule has 110 valence electrons. The molecule has 1 aliphatic rings. The van der Waals surface area contributed by atoms with Gasteiger partial charge in [0.2, 0.25) is 0 Å². The summed E-state index contributed by atoms with van der Waals surface area (Å²) in [6.07, 6.45) is 6.84. The Labute approximate surface area is 125 Å². The normalized spacial score (nSPS) is 22.3. The Morgan fingerprint density at radius 1 is 1.30 bits per heavy atom. The van der Waals surface area contributed by atoms with E-state index in [2.05, 4.69) is 12.2 Å². The molecule has 4 heteroatoms. The standard InChI is InChI=1S/C16H23NO2S/c1-12-5-3-4-6-15(12)17-16(18)11-19-13-7-9-14(20-2)10-8-13/h7-10,12,15H,3-6,11H2,1-2H3,(H,17,18)/t12-,15-/m1/s1. The molecule has 1 saturated carbocycles. The van der Waals surface area contributed by atoms with Crippen LogP contribution in [-0.2, 0) is 4.79 Å². The van der Waals surface area contributed by atoms with E-state index < -0.39 is 0 Å². The molecule has 0 bridgehead atoms. The molecule has 2 atom stereocenters. The van der Waals surface area contributed by atoms with E-state index in [-0.39, 0.29) is 12.5 Å². The number of benzene rings is 1. The molecule has 0 unspecified atom stereocenters. The fraction of sp³-hybridized carbons (Fsp3) is 0.562. The molecule has 3 nitrogen and oxygen atoms in total. The summed E-state index contributed by atoms with van der Waals surface area (Å²) in [6.45, 7) is 2.31. The molecule has 20 heavy (non-hydrogen) atoms. The molecular weight excluding hydrogens is 270 g/mol. The van der Waals surface area contributed by atoms with Crippen LogP contribution in [0.5, 0.6) is 5.75 Å². The van der Waals surface area contributed by atoms with E-state index in [1.807, 2.05) is 30.5 Å². The first-order chi connectivity index (χ1) is 9.69. The number of thioether (sulfide) groups is 1. The summed E-state index contributed by atoms with van der Waals surface area (Å²) >= 11 is 1.69. The third kappa shape index (κ3) is 4.44. The van der Waals surface area contributed by atoms with Gasteiger partial charge < -0.3 is 10.1 Å². The first kappa shape index (κ1) is 15.2. The highest BCUT2D eigenvalue weighted by molar-refractivity contribution is 7.98. The number of rotatable bonds is 5. The highest BCUT2D eigenvalue weighted by Crippen LogP contribution is 2.23. The number of ether oxygens (including phenoxy) is 1. The van der Waals surface area contributed by atoms with Crippen molar-refractivity contribution in [2.75, 3.05) is 12.9 Å². The van der Waals surface area contributed by atoms with Crippen LogP contribution < -0.4 is 10.1 Å². The predicted octanol–water partition coefficient (Wildman–Crippen LogP) is 3.48. The van der Waals surface area contributed by atoms with Crippen molar-refractivity contribution in [3.8, 4) is 5.75 Å². The van der Waals surface area contributed by atoms with Crippen LogP contribution in [0.15, 0.2) is 29.2 Å². The van der Waals surface area contributed by atoms with Crippen LogP contribution >= 0.6 is 11.8 Å². The van der Waals surface area contributed by atoms with Crippen LogP contribution in [0.3, 0.4) is 0 Å². The molecular formula is C16H23NO2S. The van der Waals surface area contributed by atoms with Crippen molar-refractivity contribution in [1.82, 2.24) is 5.32 Å². The second-order valence-electron chi connectivity index (χ2n) is 5.40. The average Bonchev–Trinajstić information content (AvgIpc) is 2.48. The largest absolute Gasteiger partial charge is 0.484 e.